The van der Waals surface area contributed by atoms with Crippen LogP contribution in [0.5, 0.6) is 0 Å². The molecule has 1 aliphatic rings. The summed E-state index contributed by atoms with van der Waals surface area (Å²) < 4.78 is 40.5. The fourth-order valence-electron chi connectivity index (χ4n) is 3.86. The van der Waals surface area contributed by atoms with Gasteiger partial charge < -0.3 is 9.47 Å². The third-order valence-electron chi connectivity index (χ3n) is 5.26. The second-order valence-corrected chi connectivity index (χ2v) is 10.2. The number of hydrogen-bond acceptors (Lipinski definition) is 4. The lowest BCUT2D eigenvalue weighted by molar-refractivity contribution is 0.0633. The van der Waals surface area contributed by atoms with Crippen LogP contribution in [0, 0.1) is 5.82 Å². The summed E-state index contributed by atoms with van der Waals surface area (Å²) in [6, 6.07) is 9.85. The standard InChI is InChI=1S/C20H22FN3O3S2/c1-14-12-22(8-9-24(14)29(2,26)27)19(25)18-11-16-7-10-28-20(16)23(18)13-15-3-5-17(21)6-4-15/h3-7,10-11,14H,8-9,12-13H2,1-2H3. The Balaban J connectivity index is 1.63. The summed E-state index contributed by atoms with van der Waals surface area (Å²) in [5.74, 6) is -0.410. The van der Waals surface area contributed by atoms with Crippen molar-refractivity contribution >= 4 is 37.5 Å². The minimum absolute atomic E-state index is 0.115. The minimum atomic E-state index is -3.29. The van der Waals surface area contributed by atoms with E-state index in [4.69, 9.17) is 0 Å². The van der Waals surface area contributed by atoms with Gasteiger partial charge in [-0.2, -0.15) is 4.31 Å². The van der Waals surface area contributed by atoms with E-state index in [0.717, 1.165) is 15.8 Å². The second-order valence-electron chi connectivity index (χ2n) is 7.40. The maximum Gasteiger partial charge on any atom is 0.270 e. The van der Waals surface area contributed by atoms with E-state index in [9.17, 15) is 17.6 Å². The fraction of sp³-hybridized carbons (Fsp3) is 0.350. The Bertz CT molecular complexity index is 1150. The van der Waals surface area contributed by atoms with Gasteiger partial charge in [0.2, 0.25) is 10.0 Å². The highest BCUT2D eigenvalue weighted by atomic mass is 32.2. The van der Waals surface area contributed by atoms with E-state index in [-0.39, 0.29) is 17.8 Å². The molecule has 0 N–H and O–H groups in total. The number of carbonyl (C=O) groups excluding carboxylic acids is 1. The summed E-state index contributed by atoms with van der Waals surface area (Å²) in [6.07, 6.45) is 1.20. The molecule has 1 amide bonds. The van der Waals surface area contributed by atoms with Gasteiger partial charge in [0.1, 0.15) is 16.3 Å². The van der Waals surface area contributed by atoms with Crippen LogP contribution in [0.3, 0.4) is 0 Å². The number of halogens is 1. The number of aromatic nitrogens is 1. The van der Waals surface area contributed by atoms with Crippen molar-refractivity contribution in [2.24, 2.45) is 0 Å². The predicted molar refractivity (Wildman–Crippen MR) is 112 cm³/mol. The van der Waals surface area contributed by atoms with Gasteiger partial charge in [-0.05, 0) is 42.1 Å². The van der Waals surface area contributed by atoms with E-state index in [0.29, 0.717) is 31.9 Å². The lowest BCUT2D eigenvalue weighted by Gasteiger charge is -2.38. The van der Waals surface area contributed by atoms with E-state index in [1.54, 1.807) is 28.4 Å². The number of benzene rings is 1. The van der Waals surface area contributed by atoms with E-state index in [1.165, 1.54) is 22.7 Å². The molecule has 1 unspecified atom stereocenters. The Labute approximate surface area is 173 Å². The lowest BCUT2D eigenvalue weighted by Crippen LogP contribution is -2.55. The molecule has 3 aromatic rings. The van der Waals surface area contributed by atoms with Crippen molar-refractivity contribution in [1.29, 1.82) is 0 Å². The molecule has 0 aliphatic carbocycles. The van der Waals surface area contributed by atoms with Crippen molar-refractivity contribution in [2.75, 3.05) is 25.9 Å². The number of hydrogen-bond donors (Lipinski definition) is 0. The van der Waals surface area contributed by atoms with Crippen molar-refractivity contribution in [3.63, 3.8) is 0 Å². The SMILES string of the molecule is CC1CN(C(=O)c2cc3ccsc3n2Cc2ccc(F)cc2)CCN1S(C)(=O)=O. The summed E-state index contributed by atoms with van der Waals surface area (Å²) in [5.41, 5.74) is 1.47. The van der Waals surface area contributed by atoms with Crippen LogP contribution in [-0.4, -0.2) is 60.0 Å². The highest BCUT2D eigenvalue weighted by Gasteiger charge is 2.33. The van der Waals surface area contributed by atoms with Gasteiger partial charge in [0, 0.05) is 37.6 Å². The second kappa shape index (κ2) is 7.55. The number of thiophene rings is 1. The Morgan fingerprint density at radius 2 is 1.93 bits per heavy atom. The number of amides is 1. The van der Waals surface area contributed by atoms with Crippen LogP contribution in [-0.2, 0) is 16.6 Å². The molecule has 0 bridgehead atoms. The van der Waals surface area contributed by atoms with Crippen molar-refractivity contribution < 1.29 is 17.6 Å². The number of sulfonamides is 1. The average Bonchev–Trinajstić information content (AvgIpc) is 3.24. The quantitative estimate of drug-likeness (QED) is 0.633. The largest absolute Gasteiger partial charge is 0.334 e. The summed E-state index contributed by atoms with van der Waals surface area (Å²) in [4.78, 5) is 16.0. The third kappa shape index (κ3) is 3.94. The Kier molecular flexibility index (Phi) is 5.22. The van der Waals surface area contributed by atoms with Crippen LogP contribution >= 0.6 is 11.3 Å². The third-order valence-corrected chi connectivity index (χ3v) is 7.60. The van der Waals surface area contributed by atoms with Crippen LogP contribution in [0.2, 0.25) is 0 Å². The molecular weight excluding hydrogens is 413 g/mol. The molecule has 0 saturated carbocycles. The van der Waals surface area contributed by atoms with Gasteiger partial charge in [-0.15, -0.1) is 11.3 Å². The number of carbonyl (C=O) groups is 1. The molecule has 4 rings (SSSR count). The molecule has 0 radical (unpaired) electrons. The predicted octanol–water partition coefficient (Wildman–Crippen LogP) is 3.00. The topological polar surface area (TPSA) is 62.6 Å². The molecule has 2 aromatic heterocycles. The molecule has 1 aliphatic heterocycles. The molecule has 9 heteroatoms. The van der Waals surface area contributed by atoms with Gasteiger partial charge in [0.25, 0.3) is 5.91 Å². The first kappa shape index (κ1) is 20.1. The van der Waals surface area contributed by atoms with Crippen molar-refractivity contribution in [1.82, 2.24) is 13.8 Å². The molecule has 1 fully saturated rings. The van der Waals surface area contributed by atoms with Gasteiger partial charge >= 0.3 is 0 Å². The zero-order chi connectivity index (χ0) is 20.8. The van der Waals surface area contributed by atoms with Crippen LogP contribution < -0.4 is 0 Å². The summed E-state index contributed by atoms with van der Waals surface area (Å²) in [7, 11) is -3.29. The maximum atomic E-state index is 13.3. The molecule has 154 valence electrons. The van der Waals surface area contributed by atoms with Crippen LogP contribution in [0.25, 0.3) is 10.2 Å². The van der Waals surface area contributed by atoms with E-state index in [2.05, 4.69) is 0 Å². The Morgan fingerprint density at radius 3 is 2.59 bits per heavy atom. The van der Waals surface area contributed by atoms with Gasteiger partial charge in [-0.1, -0.05) is 12.1 Å². The maximum absolute atomic E-state index is 13.3. The molecular formula is C20H22FN3O3S2. The first-order chi connectivity index (χ1) is 13.7. The van der Waals surface area contributed by atoms with Crippen molar-refractivity contribution in [2.45, 2.75) is 19.5 Å². The van der Waals surface area contributed by atoms with Gasteiger partial charge in [-0.3, -0.25) is 4.79 Å². The van der Waals surface area contributed by atoms with E-state index in [1.807, 2.05) is 29.0 Å². The zero-order valence-corrected chi connectivity index (χ0v) is 17.8. The summed E-state index contributed by atoms with van der Waals surface area (Å²) in [5, 5.41) is 2.97. The van der Waals surface area contributed by atoms with Crippen LogP contribution in [0.1, 0.15) is 23.0 Å². The lowest BCUT2D eigenvalue weighted by atomic mass is 10.2. The summed E-state index contributed by atoms with van der Waals surface area (Å²) in [6.45, 7) is 3.27. The molecule has 0 spiro atoms. The summed E-state index contributed by atoms with van der Waals surface area (Å²) >= 11 is 1.56. The highest BCUT2D eigenvalue weighted by Crippen LogP contribution is 2.28. The van der Waals surface area contributed by atoms with Crippen molar-refractivity contribution in [3.05, 3.63) is 58.9 Å². The first-order valence-electron chi connectivity index (χ1n) is 9.31. The monoisotopic (exact) mass is 435 g/mol. The minimum Gasteiger partial charge on any atom is -0.334 e. The molecule has 1 aromatic carbocycles. The normalized spacial score (nSPS) is 18.4. The van der Waals surface area contributed by atoms with Gasteiger partial charge in [0.05, 0.1) is 6.26 Å². The molecule has 29 heavy (non-hydrogen) atoms. The highest BCUT2D eigenvalue weighted by molar-refractivity contribution is 7.88. The first-order valence-corrected chi connectivity index (χ1v) is 12.0. The number of rotatable bonds is 4. The van der Waals surface area contributed by atoms with Crippen LogP contribution in [0.4, 0.5) is 4.39 Å². The number of piperazine rings is 1. The van der Waals surface area contributed by atoms with Gasteiger partial charge in [-0.25, -0.2) is 12.8 Å². The molecule has 3 heterocycles. The van der Waals surface area contributed by atoms with E-state index >= 15 is 0 Å². The van der Waals surface area contributed by atoms with E-state index < -0.39 is 10.0 Å². The average molecular weight is 436 g/mol. The number of nitrogens with zero attached hydrogens (tertiary/aromatic N) is 3. The van der Waals surface area contributed by atoms with Gasteiger partial charge in [0.15, 0.2) is 0 Å². The van der Waals surface area contributed by atoms with Crippen molar-refractivity contribution in [3.8, 4) is 0 Å². The number of fused-ring (bicyclic) bond motifs is 1. The fourth-order valence-corrected chi connectivity index (χ4v) is 5.89. The molecule has 1 saturated heterocycles. The Hall–Kier alpha value is -2.23. The Morgan fingerprint density at radius 1 is 1.21 bits per heavy atom. The zero-order valence-electron chi connectivity index (χ0n) is 16.2. The van der Waals surface area contributed by atoms with Crippen LogP contribution in [0.15, 0.2) is 41.8 Å². The molecule has 1 atom stereocenters. The molecule has 6 nitrogen and oxygen atoms in total. The smallest absolute Gasteiger partial charge is 0.270 e.